The van der Waals surface area contributed by atoms with Gasteiger partial charge in [-0.3, -0.25) is 14.5 Å². The third-order valence-electron chi connectivity index (χ3n) is 4.29. The number of imidazole rings is 2. The minimum absolute atomic E-state index is 0.165. The maximum Gasteiger partial charge on any atom is 0.326 e. The molecule has 0 aliphatic heterocycles. The second-order valence-corrected chi connectivity index (χ2v) is 5.88. The number of fused-ring (bicyclic) bond motifs is 2. The van der Waals surface area contributed by atoms with Crippen molar-refractivity contribution in [3.63, 3.8) is 0 Å². The zero-order valence-electron chi connectivity index (χ0n) is 13.6. The van der Waals surface area contributed by atoms with E-state index in [4.69, 9.17) is 5.11 Å². The van der Waals surface area contributed by atoms with Crippen LogP contribution in [0.1, 0.15) is 18.7 Å². The summed E-state index contributed by atoms with van der Waals surface area (Å²) in [5.41, 5.74) is 3.10. The molecule has 4 aromatic rings. The number of aliphatic hydroxyl groups excluding tert-OH is 1. The number of unbranched alkanes of at least 4 members (excludes halogenated alkanes) is 1. The number of pyridine rings is 2. The second-order valence-electron chi connectivity index (χ2n) is 5.88. The molecular formula is C17H18N6O2. The molecule has 0 aliphatic carbocycles. The molecule has 0 saturated heterocycles. The van der Waals surface area contributed by atoms with Gasteiger partial charge >= 0.3 is 5.69 Å². The van der Waals surface area contributed by atoms with Crippen LogP contribution in [0, 0.1) is 0 Å². The first-order valence-electron chi connectivity index (χ1n) is 8.20. The molecule has 8 heteroatoms. The highest BCUT2D eigenvalue weighted by atomic mass is 16.2. The van der Waals surface area contributed by atoms with Gasteiger partial charge in [0, 0.05) is 25.5 Å². The maximum absolute atomic E-state index is 12.3. The Balaban J connectivity index is 1.79. The van der Waals surface area contributed by atoms with E-state index in [0.29, 0.717) is 12.1 Å². The van der Waals surface area contributed by atoms with E-state index in [-0.39, 0.29) is 12.3 Å². The van der Waals surface area contributed by atoms with Crippen LogP contribution in [0.15, 0.2) is 41.7 Å². The van der Waals surface area contributed by atoms with Crippen molar-refractivity contribution in [2.75, 3.05) is 6.61 Å². The Morgan fingerprint density at radius 2 is 1.84 bits per heavy atom. The molecule has 0 bridgehead atoms. The normalized spacial score (nSPS) is 11.6. The second kappa shape index (κ2) is 6.48. The zero-order valence-corrected chi connectivity index (χ0v) is 13.6. The van der Waals surface area contributed by atoms with Gasteiger partial charge in [-0.05, 0) is 25.0 Å². The topological polar surface area (TPSA) is 102 Å². The molecule has 0 spiro atoms. The number of aryl methyl sites for hydroxylation is 1. The van der Waals surface area contributed by atoms with Crippen molar-refractivity contribution in [2.45, 2.75) is 25.9 Å². The largest absolute Gasteiger partial charge is 0.396 e. The lowest BCUT2D eigenvalue weighted by molar-refractivity contribution is 0.281. The number of aromatic amines is 1. The van der Waals surface area contributed by atoms with Gasteiger partial charge in [-0.25, -0.2) is 9.78 Å². The Morgan fingerprint density at radius 3 is 2.68 bits per heavy atom. The Kier molecular flexibility index (Phi) is 4.02. The SMILES string of the molecule is O=c1[nH]c2cnccc2n1Cc1nc2cnccc2n1CCCCO. The van der Waals surface area contributed by atoms with Crippen LogP contribution < -0.4 is 5.69 Å². The van der Waals surface area contributed by atoms with Crippen molar-refractivity contribution in [1.82, 2.24) is 29.1 Å². The average molecular weight is 338 g/mol. The van der Waals surface area contributed by atoms with Crippen molar-refractivity contribution in [2.24, 2.45) is 0 Å². The van der Waals surface area contributed by atoms with Crippen molar-refractivity contribution >= 4 is 22.1 Å². The summed E-state index contributed by atoms with van der Waals surface area (Å²) in [5.74, 6) is 0.792. The molecule has 0 atom stereocenters. The molecule has 0 fully saturated rings. The summed E-state index contributed by atoms with van der Waals surface area (Å²) in [6.45, 7) is 1.25. The highest BCUT2D eigenvalue weighted by molar-refractivity contribution is 5.75. The van der Waals surface area contributed by atoms with E-state index in [9.17, 15) is 4.79 Å². The zero-order chi connectivity index (χ0) is 17.2. The van der Waals surface area contributed by atoms with Gasteiger partial charge in [-0.15, -0.1) is 0 Å². The quantitative estimate of drug-likeness (QED) is 0.516. The first kappa shape index (κ1) is 15.5. The molecule has 0 aliphatic rings. The standard InChI is InChI=1S/C17H18N6O2/c24-8-2-1-7-22-14-3-5-18-9-12(14)20-16(22)11-23-15-4-6-19-10-13(15)21-17(23)25/h3-6,9-10,24H,1-2,7-8,11H2,(H,21,25). The lowest BCUT2D eigenvalue weighted by Crippen LogP contribution is -2.20. The van der Waals surface area contributed by atoms with Crippen molar-refractivity contribution in [3.05, 3.63) is 53.2 Å². The fraction of sp³-hybridized carbons (Fsp3) is 0.294. The van der Waals surface area contributed by atoms with E-state index < -0.39 is 0 Å². The molecule has 2 N–H and O–H groups in total. The molecule has 4 aromatic heterocycles. The number of nitrogens with zero attached hydrogens (tertiary/aromatic N) is 5. The minimum Gasteiger partial charge on any atom is -0.396 e. The van der Waals surface area contributed by atoms with Crippen LogP contribution in [0.3, 0.4) is 0 Å². The molecule has 0 amide bonds. The fourth-order valence-electron chi connectivity index (χ4n) is 3.09. The van der Waals surface area contributed by atoms with E-state index in [2.05, 4.69) is 24.5 Å². The number of aliphatic hydroxyl groups is 1. The lowest BCUT2D eigenvalue weighted by Gasteiger charge is -2.09. The summed E-state index contributed by atoms with van der Waals surface area (Å²) >= 11 is 0. The molecule has 4 heterocycles. The number of rotatable bonds is 6. The number of hydrogen-bond acceptors (Lipinski definition) is 5. The van der Waals surface area contributed by atoms with Crippen LogP contribution in [-0.4, -0.2) is 40.8 Å². The van der Waals surface area contributed by atoms with E-state index in [1.807, 2.05) is 12.1 Å². The Morgan fingerprint density at radius 1 is 1.04 bits per heavy atom. The fourth-order valence-corrected chi connectivity index (χ4v) is 3.09. The molecule has 0 radical (unpaired) electrons. The molecule has 4 rings (SSSR count). The Labute approximate surface area is 142 Å². The van der Waals surface area contributed by atoms with Crippen LogP contribution in [0.25, 0.3) is 22.1 Å². The van der Waals surface area contributed by atoms with Crippen molar-refractivity contribution < 1.29 is 5.11 Å². The average Bonchev–Trinajstić information content (AvgIpc) is 3.13. The third-order valence-corrected chi connectivity index (χ3v) is 4.29. The lowest BCUT2D eigenvalue weighted by atomic mass is 10.3. The van der Waals surface area contributed by atoms with Crippen LogP contribution in [0.4, 0.5) is 0 Å². The Bertz CT molecular complexity index is 1080. The molecule has 25 heavy (non-hydrogen) atoms. The number of hydrogen-bond donors (Lipinski definition) is 2. The van der Waals surface area contributed by atoms with Crippen molar-refractivity contribution in [1.29, 1.82) is 0 Å². The van der Waals surface area contributed by atoms with Gasteiger partial charge in [0.25, 0.3) is 0 Å². The summed E-state index contributed by atoms with van der Waals surface area (Å²) < 4.78 is 3.76. The summed E-state index contributed by atoms with van der Waals surface area (Å²) in [5, 5.41) is 9.05. The molecule has 0 aromatic carbocycles. The number of nitrogens with one attached hydrogen (secondary N) is 1. The summed E-state index contributed by atoms with van der Waals surface area (Å²) in [7, 11) is 0. The molecule has 0 unspecified atom stereocenters. The van der Waals surface area contributed by atoms with Gasteiger partial charge in [0.1, 0.15) is 11.3 Å². The van der Waals surface area contributed by atoms with Crippen LogP contribution >= 0.6 is 0 Å². The van der Waals surface area contributed by atoms with Gasteiger partial charge in [0.2, 0.25) is 0 Å². The third kappa shape index (κ3) is 2.80. The monoisotopic (exact) mass is 338 g/mol. The van der Waals surface area contributed by atoms with Gasteiger partial charge in [-0.2, -0.15) is 0 Å². The first-order chi connectivity index (χ1) is 12.3. The predicted molar refractivity (Wildman–Crippen MR) is 93.3 cm³/mol. The van der Waals surface area contributed by atoms with E-state index in [1.54, 1.807) is 29.4 Å². The van der Waals surface area contributed by atoms with Gasteiger partial charge in [0.15, 0.2) is 0 Å². The molecule has 0 saturated carbocycles. The highest BCUT2D eigenvalue weighted by Crippen LogP contribution is 2.18. The van der Waals surface area contributed by atoms with Crippen molar-refractivity contribution in [3.8, 4) is 0 Å². The summed E-state index contributed by atoms with van der Waals surface area (Å²) in [4.78, 5) is 28.0. The molecule has 8 nitrogen and oxygen atoms in total. The van der Waals surface area contributed by atoms with Crippen LogP contribution in [0.2, 0.25) is 0 Å². The number of aromatic nitrogens is 6. The van der Waals surface area contributed by atoms with E-state index >= 15 is 0 Å². The van der Waals surface area contributed by atoms with Gasteiger partial charge in [-0.1, -0.05) is 0 Å². The van der Waals surface area contributed by atoms with Crippen LogP contribution in [0.5, 0.6) is 0 Å². The first-order valence-corrected chi connectivity index (χ1v) is 8.20. The molecule has 128 valence electrons. The van der Waals surface area contributed by atoms with Gasteiger partial charge in [0.05, 0.1) is 35.5 Å². The van der Waals surface area contributed by atoms with E-state index in [1.165, 1.54) is 0 Å². The Hall–Kier alpha value is -3.00. The highest BCUT2D eigenvalue weighted by Gasteiger charge is 2.14. The predicted octanol–water partition coefficient (Wildman–Crippen LogP) is 1.29. The van der Waals surface area contributed by atoms with Crippen LogP contribution in [-0.2, 0) is 13.1 Å². The summed E-state index contributed by atoms with van der Waals surface area (Å²) in [6.07, 6.45) is 8.33. The minimum atomic E-state index is -0.185. The summed E-state index contributed by atoms with van der Waals surface area (Å²) in [6, 6.07) is 3.74. The molecular weight excluding hydrogens is 320 g/mol. The maximum atomic E-state index is 12.3. The van der Waals surface area contributed by atoms with E-state index in [0.717, 1.165) is 41.8 Å². The van der Waals surface area contributed by atoms with Gasteiger partial charge < -0.3 is 14.7 Å². The smallest absolute Gasteiger partial charge is 0.326 e. The number of H-pyrrole nitrogens is 1.